The van der Waals surface area contributed by atoms with Gasteiger partial charge in [-0.25, -0.2) is 4.79 Å². The van der Waals surface area contributed by atoms with Gasteiger partial charge in [0.15, 0.2) is 5.75 Å². The maximum absolute atomic E-state index is 12.9. The Hall–Kier alpha value is -4.28. The lowest BCUT2D eigenvalue weighted by Gasteiger charge is -2.18. The van der Waals surface area contributed by atoms with Crippen LogP contribution in [0.15, 0.2) is 60.7 Å². The molecule has 3 rings (SSSR count). The molecule has 3 aromatic rings. The van der Waals surface area contributed by atoms with Gasteiger partial charge in [-0.2, -0.15) is 0 Å². The van der Waals surface area contributed by atoms with Crippen LogP contribution in [0.2, 0.25) is 10.0 Å². The molecule has 0 fully saturated rings. The first-order valence-corrected chi connectivity index (χ1v) is 12.0. The normalized spacial score (nSPS) is 11.2. The zero-order valence-electron chi connectivity index (χ0n) is 20.0. The van der Waals surface area contributed by atoms with Gasteiger partial charge in [-0.15, -0.1) is 0 Å². The van der Waals surface area contributed by atoms with Crippen LogP contribution in [-0.4, -0.2) is 46.6 Å². The van der Waals surface area contributed by atoms with Gasteiger partial charge in [0, 0.05) is 17.0 Å². The molecule has 0 aliphatic rings. The Labute approximate surface area is 227 Å². The summed E-state index contributed by atoms with van der Waals surface area (Å²) in [6.07, 6.45) is 0.174. The molecule has 0 aliphatic heterocycles. The summed E-state index contributed by atoms with van der Waals surface area (Å²) in [5.41, 5.74) is 0.327. The molecule has 0 heterocycles. The number of phenols is 2. The van der Waals surface area contributed by atoms with Gasteiger partial charge in [0.25, 0.3) is 5.91 Å². The third kappa shape index (κ3) is 7.37. The van der Waals surface area contributed by atoms with Crippen molar-refractivity contribution in [2.24, 2.45) is 0 Å². The average molecular weight is 560 g/mol. The largest absolute Gasteiger partial charge is 0.506 e. The number of nitrogens with one attached hydrogen (secondary N) is 3. The first kappa shape index (κ1) is 28.3. The summed E-state index contributed by atoms with van der Waals surface area (Å²) in [5.74, 6) is -4.66. The smallest absolute Gasteiger partial charge is 0.328 e. The Morgan fingerprint density at radius 2 is 1.55 bits per heavy atom. The summed E-state index contributed by atoms with van der Waals surface area (Å²) >= 11 is 11.7. The van der Waals surface area contributed by atoms with Crippen LogP contribution in [0, 0.1) is 0 Å². The lowest BCUT2D eigenvalue weighted by molar-refractivity contribution is -0.145. The number of ether oxygens (including phenoxy) is 1. The molecule has 3 aromatic carbocycles. The number of halogens is 2. The Morgan fingerprint density at radius 1 is 0.895 bits per heavy atom. The van der Waals surface area contributed by atoms with Crippen molar-refractivity contribution in [3.63, 3.8) is 0 Å². The van der Waals surface area contributed by atoms with Crippen molar-refractivity contribution in [1.82, 2.24) is 5.32 Å². The molecule has 0 aliphatic carbocycles. The third-order valence-electron chi connectivity index (χ3n) is 5.15. The summed E-state index contributed by atoms with van der Waals surface area (Å²) in [4.78, 5) is 50.2. The highest BCUT2D eigenvalue weighted by Gasteiger charge is 2.24. The molecule has 0 bridgehead atoms. The third-order valence-corrected chi connectivity index (χ3v) is 5.65. The van der Waals surface area contributed by atoms with Crippen molar-refractivity contribution < 1.29 is 34.1 Å². The van der Waals surface area contributed by atoms with Crippen LogP contribution in [-0.2, 0) is 25.5 Å². The number of aromatic hydroxyl groups is 2. The van der Waals surface area contributed by atoms with Gasteiger partial charge in [0.1, 0.15) is 11.8 Å². The van der Waals surface area contributed by atoms with E-state index in [1.807, 2.05) is 6.07 Å². The molecule has 0 saturated carbocycles. The number of benzene rings is 3. The van der Waals surface area contributed by atoms with Crippen LogP contribution in [0.25, 0.3) is 0 Å². The second kappa shape index (κ2) is 12.8. The minimum Gasteiger partial charge on any atom is -0.506 e. The van der Waals surface area contributed by atoms with Crippen molar-refractivity contribution in [2.75, 3.05) is 17.2 Å². The molecule has 0 radical (unpaired) electrons. The second-order valence-electron chi connectivity index (χ2n) is 7.89. The van der Waals surface area contributed by atoms with Crippen molar-refractivity contribution >= 4 is 58.3 Å². The number of hydrogen-bond acceptors (Lipinski definition) is 7. The van der Waals surface area contributed by atoms with Crippen LogP contribution < -0.4 is 16.0 Å². The number of anilines is 2. The first-order valence-electron chi connectivity index (χ1n) is 11.2. The molecule has 5 N–H and O–H groups in total. The topological polar surface area (TPSA) is 154 Å². The number of hydrogen-bond donors (Lipinski definition) is 5. The predicted octanol–water partition coefficient (Wildman–Crippen LogP) is 3.89. The molecule has 198 valence electrons. The molecule has 3 amide bonds. The summed E-state index contributed by atoms with van der Waals surface area (Å²) < 4.78 is 5.08. The van der Waals surface area contributed by atoms with Crippen LogP contribution in [0.4, 0.5) is 11.4 Å². The number of esters is 1. The highest BCUT2D eigenvalue weighted by atomic mass is 35.5. The number of phenolic OH excluding ortho intramolecular Hbond substituents is 2. The van der Waals surface area contributed by atoms with Crippen LogP contribution in [0.5, 0.6) is 11.5 Å². The van der Waals surface area contributed by atoms with Gasteiger partial charge >= 0.3 is 17.8 Å². The Kier molecular flexibility index (Phi) is 9.53. The molecule has 12 heteroatoms. The van der Waals surface area contributed by atoms with Crippen molar-refractivity contribution in [3.8, 4) is 11.5 Å². The van der Waals surface area contributed by atoms with E-state index < -0.39 is 41.2 Å². The van der Waals surface area contributed by atoms with Gasteiger partial charge in [-0.3, -0.25) is 14.4 Å². The fraction of sp³-hybridized carbons (Fsp3) is 0.154. The highest BCUT2D eigenvalue weighted by molar-refractivity contribution is 6.44. The highest BCUT2D eigenvalue weighted by Crippen LogP contribution is 2.35. The maximum Gasteiger partial charge on any atom is 0.328 e. The van der Waals surface area contributed by atoms with E-state index in [9.17, 15) is 29.4 Å². The van der Waals surface area contributed by atoms with Crippen LogP contribution >= 0.6 is 23.2 Å². The lowest BCUT2D eigenvalue weighted by atomic mass is 10.1. The van der Waals surface area contributed by atoms with E-state index in [1.165, 1.54) is 18.2 Å². The van der Waals surface area contributed by atoms with Crippen molar-refractivity contribution in [3.05, 3.63) is 81.8 Å². The molecular formula is C26H23Cl2N3O7. The fourth-order valence-electron chi connectivity index (χ4n) is 3.32. The van der Waals surface area contributed by atoms with E-state index in [-0.39, 0.29) is 40.0 Å². The van der Waals surface area contributed by atoms with Gasteiger partial charge in [-0.1, -0.05) is 53.5 Å². The SMILES string of the molecule is CCOC(=O)[C@@H](Cc1ccccc1)NC(=O)c1ccc(O)c(NC(=O)C(=O)Nc2cc(Cl)cc(Cl)c2O)c1. The summed E-state index contributed by atoms with van der Waals surface area (Å²) in [7, 11) is 0. The predicted molar refractivity (Wildman–Crippen MR) is 142 cm³/mol. The van der Waals surface area contributed by atoms with E-state index in [4.69, 9.17) is 27.9 Å². The van der Waals surface area contributed by atoms with Gasteiger partial charge in [-0.05, 0) is 42.8 Å². The number of amides is 3. The van der Waals surface area contributed by atoms with E-state index in [0.717, 1.165) is 17.7 Å². The molecule has 0 spiro atoms. The zero-order valence-corrected chi connectivity index (χ0v) is 21.5. The molecule has 0 aromatic heterocycles. The van der Waals surface area contributed by atoms with Gasteiger partial charge in [0.05, 0.1) is 23.0 Å². The van der Waals surface area contributed by atoms with E-state index in [2.05, 4.69) is 16.0 Å². The minimum atomic E-state index is -1.22. The summed E-state index contributed by atoms with van der Waals surface area (Å²) in [6.45, 7) is 1.77. The summed E-state index contributed by atoms with van der Waals surface area (Å²) in [6, 6.07) is 14.0. The number of rotatable bonds is 8. The Morgan fingerprint density at radius 3 is 2.21 bits per heavy atom. The quantitative estimate of drug-likeness (QED) is 0.159. The van der Waals surface area contributed by atoms with Crippen molar-refractivity contribution in [2.45, 2.75) is 19.4 Å². The lowest BCUT2D eigenvalue weighted by Crippen LogP contribution is -2.43. The number of carbonyl (C=O) groups excluding carboxylic acids is 4. The van der Waals surface area contributed by atoms with E-state index >= 15 is 0 Å². The van der Waals surface area contributed by atoms with Crippen LogP contribution in [0.3, 0.4) is 0 Å². The maximum atomic E-state index is 12.9. The minimum absolute atomic E-state index is 0.0138. The molecule has 0 saturated heterocycles. The Bertz CT molecular complexity index is 1370. The molecular weight excluding hydrogens is 537 g/mol. The van der Waals surface area contributed by atoms with E-state index in [0.29, 0.717) is 0 Å². The fourth-order valence-corrected chi connectivity index (χ4v) is 3.82. The molecule has 10 nitrogen and oxygen atoms in total. The van der Waals surface area contributed by atoms with Crippen molar-refractivity contribution in [1.29, 1.82) is 0 Å². The second-order valence-corrected chi connectivity index (χ2v) is 8.74. The Balaban J connectivity index is 1.74. The first-order chi connectivity index (χ1) is 18.1. The van der Waals surface area contributed by atoms with Gasteiger partial charge < -0.3 is 30.9 Å². The molecule has 1 atom stereocenters. The number of carbonyl (C=O) groups is 4. The monoisotopic (exact) mass is 559 g/mol. The molecule has 0 unspecified atom stereocenters. The standard InChI is InChI=1S/C26H23Cl2N3O7/c1-2-38-26(37)20(10-14-6-4-3-5-7-14)31-23(34)15-8-9-21(32)18(11-15)29-24(35)25(36)30-19-13-16(27)12-17(28)22(19)33/h3-9,11-13,20,32-33H,2,10H2,1H3,(H,29,35)(H,30,36)(H,31,34)/t20-/m1/s1. The van der Waals surface area contributed by atoms with Gasteiger partial charge in [0.2, 0.25) is 0 Å². The zero-order chi connectivity index (χ0) is 27.8. The molecule has 38 heavy (non-hydrogen) atoms. The van der Waals surface area contributed by atoms with Crippen LogP contribution in [0.1, 0.15) is 22.8 Å². The summed E-state index contributed by atoms with van der Waals surface area (Å²) in [5, 5.41) is 27.0. The van der Waals surface area contributed by atoms with E-state index in [1.54, 1.807) is 31.2 Å². The average Bonchev–Trinajstić information content (AvgIpc) is 2.88.